The van der Waals surface area contributed by atoms with E-state index in [4.69, 9.17) is 0 Å². The van der Waals surface area contributed by atoms with Crippen LogP contribution in [0.3, 0.4) is 0 Å². The molecule has 1 N–H and O–H groups in total. The van der Waals surface area contributed by atoms with E-state index in [1.54, 1.807) is 0 Å². The summed E-state index contributed by atoms with van der Waals surface area (Å²) >= 11 is 2.04. The van der Waals surface area contributed by atoms with Gasteiger partial charge < -0.3 is 5.32 Å². The Morgan fingerprint density at radius 3 is 2.82 bits per heavy atom. The molecule has 22 heavy (non-hydrogen) atoms. The molecule has 1 aromatic rings. The summed E-state index contributed by atoms with van der Waals surface area (Å²) in [5, 5.41) is 8.39. The molecule has 2 atom stereocenters. The number of nitrogens with zero attached hydrogens (tertiary/aromatic N) is 2. The first-order chi connectivity index (χ1) is 10.5. The fourth-order valence-electron chi connectivity index (χ4n) is 3.38. The molecule has 0 spiro atoms. The number of nitrogens with one attached hydrogen (secondary N) is 1. The first-order valence-electron chi connectivity index (χ1n) is 8.41. The fraction of sp³-hybridized carbons (Fsp3) is 0.765. The van der Waals surface area contributed by atoms with E-state index in [9.17, 15) is 4.79 Å². The third kappa shape index (κ3) is 4.51. The highest BCUT2D eigenvalue weighted by molar-refractivity contribution is 7.99. The number of hydrogen-bond acceptors (Lipinski definition) is 3. The molecule has 1 amide bonds. The molecule has 4 nitrogen and oxygen atoms in total. The third-order valence-electron chi connectivity index (χ3n) is 4.65. The highest BCUT2D eigenvalue weighted by Gasteiger charge is 2.23. The fourth-order valence-corrected chi connectivity index (χ4v) is 4.55. The van der Waals surface area contributed by atoms with Gasteiger partial charge in [0.15, 0.2) is 0 Å². The largest absolute Gasteiger partial charge is 0.353 e. The predicted molar refractivity (Wildman–Crippen MR) is 93.3 cm³/mol. The number of aromatic nitrogens is 2. The van der Waals surface area contributed by atoms with Crippen molar-refractivity contribution < 1.29 is 4.79 Å². The highest BCUT2D eigenvalue weighted by atomic mass is 32.2. The summed E-state index contributed by atoms with van der Waals surface area (Å²) < 4.78 is 1.90. The van der Waals surface area contributed by atoms with E-state index in [0.717, 1.165) is 30.2 Å². The van der Waals surface area contributed by atoms with Crippen LogP contribution < -0.4 is 5.32 Å². The summed E-state index contributed by atoms with van der Waals surface area (Å²) in [6, 6.07) is 0.376. The molecule has 1 aliphatic rings. The van der Waals surface area contributed by atoms with E-state index >= 15 is 0 Å². The summed E-state index contributed by atoms with van der Waals surface area (Å²) in [5.74, 6) is 1.36. The predicted octanol–water partition coefficient (Wildman–Crippen LogP) is 3.15. The smallest absolute Gasteiger partial charge is 0.220 e. The SMILES string of the molecule is CCS[C@@H]1CCC[C@@H](NC(=O)CCc2c(C)nn(C)c2C)C1. The van der Waals surface area contributed by atoms with Gasteiger partial charge in [-0.15, -0.1) is 0 Å². The second-order valence-electron chi connectivity index (χ2n) is 6.28. The molecule has 5 heteroatoms. The Kier molecular flexibility index (Phi) is 6.36. The molecule has 1 heterocycles. The van der Waals surface area contributed by atoms with Gasteiger partial charge in [0.2, 0.25) is 5.91 Å². The Hall–Kier alpha value is -0.970. The van der Waals surface area contributed by atoms with Crippen LogP contribution in [-0.4, -0.2) is 32.7 Å². The van der Waals surface area contributed by atoms with Gasteiger partial charge in [0, 0.05) is 30.5 Å². The van der Waals surface area contributed by atoms with Gasteiger partial charge in [-0.1, -0.05) is 13.3 Å². The summed E-state index contributed by atoms with van der Waals surface area (Å²) in [6.45, 7) is 6.31. The second-order valence-corrected chi connectivity index (χ2v) is 7.86. The van der Waals surface area contributed by atoms with E-state index < -0.39 is 0 Å². The molecular weight excluding hydrogens is 294 g/mol. The number of carbonyl (C=O) groups is 1. The number of amides is 1. The lowest BCUT2D eigenvalue weighted by Crippen LogP contribution is -2.39. The van der Waals surface area contributed by atoms with E-state index in [1.807, 2.05) is 30.4 Å². The van der Waals surface area contributed by atoms with E-state index in [0.29, 0.717) is 12.5 Å². The van der Waals surface area contributed by atoms with Crippen LogP contribution in [0.1, 0.15) is 56.0 Å². The van der Waals surface area contributed by atoms with Crippen LogP contribution >= 0.6 is 11.8 Å². The van der Waals surface area contributed by atoms with Crippen LogP contribution in [0.5, 0.6) is 0 Å². The maximum absolute atomic E-state index is 12.2. The summed E-state index contributed by atoms with van der Waals surface area (Å²) in [5.41, 5.74) is 3.44. The van der Waals surface area contributed by atoms with Crippen LogP contribution in [0, 0.1) is 13.8 Å². The van der Waals surface area contributed by atoms with Gasteiger partial charge in [-0.25, -0.2) is 0 Å². The molecule has 1 fully saturated rings. The molecular formula is C17H29N3OS. The molecule has 0 bridgehead atoms. The lowest BCUT2D eigenvalue weighted by atomic mass is 9.94. The summed E-state index contributed by atoms with van der Waals surface area (Å²) in [7, 11) is 1.96. The van der Waals surface area contributed by atoms with Crippen molar-refractivity contribution in [3.63, 3.8) is 0 Å². The van der Waals surface area contributed by atoms with E-state index in [2.05, 4.69) is 24.3 Å². The number of thioether (sulfide) groups is 1. The van der Waals surface area contributed by atoms with Crippen molar-refractivity contribution in [3.05, 3.63) is 17.0 Å². The number of carbonyl (C=O) groups excluding carboxylic acids is 1. The number of rotatable bonds is 6. The van der Waals surface area contributed by atoms with Crippen LogP contribution in [0.15, 0.2) is 0 Å². The van der Waals surface area contributed by atoms with Crippen molar-refractivity contribution in [3.8, 4) is 0 Å². The minimum absolute atomic E-state index is 0.190. The monoisotopic (exact) mass is 323 g/mol. The average molecular weight is 324 g/mol. The summed E-state index contributed by atoms with van der Waals surface area (Å²) in [6.07, 6.45) is 6.17. The molecule has 0 aromatic carbocycles. The molecule has 2 rings (SSSR count). The van der Waals surface area contributed by atoms with Crippen molar-refractivity contribution in [1.29, 1.82) is 0 Å². The van der Waals surface area contributed by atoms with Crippen molar-refractivity contribution >= 4 is 17.7 Å². The van der Waals surface area contributed by atoms with Gasteiger partial charge >= 0.3 is 0 Å². The van der Waals surface area contributed by atoms with E-state index in [1.165, 1.54) is 29.9 Å². The maximum Gasteiger partial charge on any atom is 0.220 e. The molecule has 1 aliphatic carbocycles. The molecule has 0 radical (unpaired) electrons. The van der Waals surface area contributed by atoms with Crippen LogP contribution in [0.4, 0.5) is 0 Å². The molecule has 0 aliphatic heterocycles. The summed E-state index contributed by atoms with van der Waals surface area (Å²) in [4.78, 5) is 12.2. The Morgan fingerprint density at radius 2 is 2.18 bits per heavy atom. The van der Waals surface area contributed by atoms with Gasteiger partial charge in [-0.3, -0.25) is 9.48 Å². The van der Waals surface area contributed by atoms with Crippen molar-refractivity contribution in [2.24, 2.45) is 7.05 Å². The number of hydrogen-bond donors (Lipinski definition) is 1. The lowest BCUT2D eigenvalue weighted by molar-refractivity contribution is -0.121. The maximum atomic E-state index is 12.2. The molecule has 0 saturated heterocycles. The zero-order chi connectivity index (χ0) is 16.1. The minimum Gasteiger partial charge on any atom is -0.353 e. The first-order valence-corrected chi connectivity index (χ1v) is 9.46. The number of aryl methyl sites for hydroxylation is 2. The van der Waals surface area contributed by atoms with Crippen LogP contribution in [-0.2, 0) is 18.3 Å². The molecule has 1 aromatic heterocycles. The van der Waals surface area contributed by atoms with Gasteiger partial charge in [0.25, 0.3) is 0 Å². The normalized spacial score (nSPS) is 21.8. The standard InChI is InChI=1S/C17H29N3OS/c1-5-22-15-8-6-7-14(11-15)18-17(21)10-9-16-12(2)19-20(4)13(16)3/h14-15H,5-11H2,1-4H3,(H,18,21)/t14-,15-/m1/s1. The Balaban J connectivity index is 1.80. The Labute approximate surface area is 138 Å². The molecule has 0 unspecified atom stereocenters. The van der Waals surface area contributed by atoms with Gasteiger partial charge in [0.1, 0.15) is 0 Å². The van der Waals surface area contributed by atoms with Crippen LogP contribution in [0.2, 0.25) is 0 Å². The topological polar surface area (TPSA) is 46.9 Å². The van der Waals surface area contributed by atoms with Crippen LogP contribution in [0.25, 0.3) is 0 Å². The lowest BCUT2D eigenvalue weighted by Gasteiger charge is -2.29. The molecule has 1 saturated carbocycles. The Bertz CT molecular complexity index is 510. The minimum atomic E-state index is 0.190. The average Bonchev–Trinajstić information content (AvgIpc) is 2.71. The Morgan fingerprint density at radius 1 is 1.41 bits per heavy atom. The van der Waals surface area contributed by atoms with Crippen molar-refractivity contribution in [1.82, 2.24) is 15.1 Å². The zero-order valence-electron chi connectivity index (χ0n) is 14.3. The van der Waals surface area contributed by atoms with E-state index in [-0.39, 0.29) is 5.91 Å². The van der Waals surface area contributed by atoms with Crippen molar-refractivity contribution in [2.45, 2.75) is 70.6 Å². The zero-order valence-corrected chi connectivity index (χ0v) is 15.1. The quantitative estimate of drug-likeness (QED) is 0.875. The van der Waals surface area contributed by atoms with Gasteiger partial charge in [-0.2, -0.15) is 16.9 Å². The third-order valence-corrected chi connectivity index (χ3v) is 5.89. The molecule has 124 valence electrons. The highest BCUT2D eigenvalue weighted by Crippen LogP contribution is 2.28. The van der Waals surface area contributed by atoms with Crippen molar-refractivity contribution in [2.75, 3.05) is 5.75 Å². The second kappa shape index (κ2) is 8.04. The first kappa shape index (κ1) is 17.4. The van der Waals surface area contributed by atoms with Gasteiger partial charge in [0.05, 0.1) is 5.69 Å². The van der Waals surface area contributed by atoms with Gasteiger partial charge in [-0.05, 0) is 50.8 Å².